The molecule has 3 nitrogen and oxygen atoms in total. The van der Waals surface area contributed by atoms with Crippen LogP contribution in [0.5, 0.6) is 0 Å². The molecule has 0 aliphatic carbocycles. The highest BCUT2D eigenvalue weighted by Gasteiger charge is 2.03. The molecule has 0 unspecified atom stereocenters. The van der Waals surface area contributed by atoms with E-state index in [0.717, 1.165) is 16.8 Å². The fourth-order valence-corrected chi connectivity index (χ4v) is 2.56. The summed E-state index contributed by atoms with van der Waals surface area (Å²) in [5, 5.41) is 6.82. The second kappa shape index (κ2) is 7.99. The molecule has 0 saturated heterocycles. The van der Waals surface area contributed by atoms with Gasteiger partial charge in [-0.15, -0.1) is 28.3 Å². The summed E-state index contributed by atoms with van der Waals surface area (Å²) in [5.41, 5.74) is 6.94. The summed E-state index contributed by atoms with van der Waals surface area (Å²) < 4.78 is 12.8. The molecule has 2 aromatic carbocycles. The van der Waals surface area contributed by atoms with Crippen LogP contribution in [0.2, 0.25) is 0 Å². The van der Waals surface area contributed by atoms with Crippen LogP contribution in [0, 0.1) is 12.7 Å². The maximum absolute atomic E-state index is 12.8. The maximum Gasteiger partial charge on any atom is 0.203 e. The van der Waals surface area contributed by atoms with Crippen molar-refractivity contribution >= 4 is 39.7 Å². The molecule has 3 rings (SSSR count). The number of hydrazone groups is 1. The van der Waals surface area contributed by atoms with Gasteiger partial charge in [0.1, 0.15) is 5.82 Å². The fourth-order valence-electron chi connectivity index (χ4n) is 1.89. The van der Waals surface area contributed by atoms with Crippen molar-refractivity contribution in [3.8, 4) is 11.3 Å². The quantitative estimate of drug-likeness (QED) is 0.485. The molecule has 0 radical (unpaired) electrons. The number of nitrogens with one attached hydrogen (secondary N) is 1. The Kier molecular flexibility index (Phi) is 6.01. The first-order valence-electron chi connectivity index (χ1n) is 6.78. The van der Waals surface area contributed by atoms with E-state index in [1.54, 1.807) is 18.3 Å². The molecule has 0 aliphatic heterocycles. The Labute approximate surface area is 148 Å². The second-order valence-electron chi connectivity index (χ2n) is 4.83. The first kappa shape index (κ1) is 17.3. The summed E-state index contributed by atoms with van der Waals surface area (Å²) in [7, 11) is 0. The van der Waals surface area contributed by atoms with Gasteiger partial charge in [0.25, 0.3) is 0 Å². The highest BCUT2D eigenvalue weighted by molar-refractivity contribution is 8.93. The zero-order chi connectivity index (χ0) is 15.4. The molecule has 3 aromatic rings. The zero-order valence-corrected chi connectivity index (χ0v) is 14.9. The minimum atomic E-state index is -0.257. The number of hydrogen-bond acceptors (Lipinski definition) is 4. The molecular formula is C17H15BrFN3S. The Balaban J connectivity index is 0.00000192. The van der Waals surface area contributed by atoms with Crippen LogP contribution >= 0.6 is 28.3 Å². The lowest BCUT2D eigenvalue weighted by molar-refractivity contribution is 0.628. The standard InChI is InChI=1S/C17H14FN3S.BrH/c1-12-2-6-14(7-3-12)16-11-22-17(20-16)21-19-10-13-4-8-15(18)9-5-13;/h2-11H,1H3,(H,20,21);1H. The van der Waals surface area contributed by atoms with E-state index in [9.17, 15) is 4.39 Å². The molecule has 0 amide bonds. The van der Waals surface area contributed by atoms with Gasteiger partial charge in [0.05, 0.1) is 11.9 Å². The first-order chi connectivity index (χ1) is 10.7. The molecule has 0 atom stereocenters. The smallest absolute Gasteiger partial charge is 0.203 e. The third kappa shape index (κ3) is 4.71. The van der Waals surface area contributed by atoms with Crippen LogP contribution < -0.4 is 5.43 Å². The van der Waals surface area contributed by atoms with Crippen LogP contribution in [-0.2, 0) is 0 Å². The van der Waals surface area contributed by atoms with Crippen molar-refractivity contribution in [2.45, 2.75) is 6.92 Å². The summed E-state index contributed by atoms with van der Waals surface area (Å²) in [5.74, 6) is -0.257. The van der Waals surface area contributed by atoms with Gasteiger partial charge in [0.15, 0.2) is 0 Å². The fraction of sp³-hybridized carbons (Fsp3) is 0.0588. The van der Waals surface area contributed by atoms with Crippen LogP contribution in [-0.4, -0.2) is 11.2 Å². The van der Waals surface area contributed by atoms with E-state index in [4.69, 9.17) is 0 Å². The summed E-state index contributed by atoms with van der Waals surface area (Å²) in [4.78, 5) is 4.49. The predicted molar refractivity (Wildman–Crippen MR) is 100 cm³/mol. The van der Waals surface area contributed by atoms with Gasteiger partial charge in [-0.3, -0.25) is 5.43 Å². The highest BCUT2D eigenvalue weighted by Crippen LogP contribution is 2.25. The van der Waals surface area contributed by atoms with Crippen molar-refractivity contribution in [2.24, 2.45) is 5.10 Å². The SMILES string of the molecule is Br.Cc1ccc(-c2csc(NN=Cc3ccc(F)cc3)n2)cc1. The first-order valence-corrected chi connectivity index (χ1v) is 7.66. The molecule has 0 saturated carbocycles. The number of halogens is 2. The van der Waals surface area contributed by atoms with Gasteiger partial charge in [-0.05, 0) is 24.6 Å². The van der Waals surface area contributed by atoms with Gasteiger partial charge in [-0.25, -0.2) is 9.37 Å². The third-order valence-electron chi connectivity index (χ3n) is 3.10. The third-order valence-corrected chi connectivity index (χ3v) is 3.84. The summed E-state index contributed by atoms with van der Waals surface area (Å²) in [6, 6.07) is 14.4. The van der Waals surface area contributed by atoms with Crippen LogP contribution in [0.15, 0.2) is 59.0 Å². The molecule has 0 spiro atoms. The largest absolute Gasteiger partial charge is 0.253 e. The zero-order valence-electron chi connectivity index (χ0n) is 12.4. The summed E-state index contributed by atoms with van der Waals surface area (Å²) >= 11 is 1.49. The van der Waals surface area contributed by atoms with Crippen LogP contribution in [0.1, 0.15) is 11.1 Å². The number of thiazole rings is 1. The molecule has 23 heavy (non-hydrogen) atoms. The Bertz CT molecular complexity index is 782. The summed E-state index contributed by atoms with van der Waals surface area (Å²) in [6.07, 6.45) is 1.63. The van der Waals surface area contributed by atoms with E-state index in [1.807, 2.05) is 5.38 Å². The summed E-state index contributed by atoms with van der Waals surface area (Å²) in [6.45, 7) is 2.06. The van der Waals surface area contributed by atoms with Crippen molar-refractivity contribution in [1.29, 1.82) is 0 Å². The van der Waals surface area contributed by atoms with Gasteiger partial charge in [-0.2, -0.15) is 5.10 Å². The second-order valence-corrected chi connectivity index (χ2v) is 5.68. The molecular weight excluding hydrogens is 377 g/mol. The molecule has 118 valence electrons. The number of benzene rings is 2. The number of aromatic nitrogens is 1. The number of rotatable bonds is 4. The Morgan fingerprint density at radius 3 is 2.48 bits per heavy atom. The van der Waals surface area contributed by atoms with Gasteiger partial charge in [0, 0.05) is 10.9 Å². The van der Waals surface area contributed by atoms with Crippen LogP contribution in [0.4, 0.5) is 9.52 Å². The van der Waals surface area contributed by atoms with Crippen LogP contribution in [0.25, 0.3) is 11.3 Å². The average molecular weight is 392 g/mol. The Hall–Kier alpha value is -2.05. The van der Waals surface area contributed by atoms with Crippen molar-refractivity contribution < 1.29 is 4.39 Å². The van der Waals surface area contributed by atoms with Crippen molar-refractivity contribution in [2.75, 3.05) is 5.43 Å². The van der Waals surface area contributed by atoms with Gasteiger partial charge < -0.3 is 0 Å². The molecule has 1 N–H and O–H groups in total. The van der Waals surface area contributed by atoms with E-state index < -0.39 is 0 Å². The predicted octanol–water partition coefficient (Wildman–Crippen LogP) is 5.28. The number of hydrogen-bond donors (Lipinski definition) is 1. The average Bonchev–Trinajstić information content (AvgIpc) is 2.99. The Morgan fingerprint density at radius 2 is 1.78 bits per heavy atom. The van der Waals surface area contributed by atoms with Crippen molar-refractivity contribution in [3.63, 3.8) is 0 Å². The van der Waals surface area contributed by atoms with Gasteiger partial charge in [0.2, 0.25) is 5.13 Å². The van der Waals surface area contributed by atoms with E-state index in [0.29, 0.717) is 5.13 Å². The lowest BCUT2D eigenvalue weighted by Crippen LogP contribution is -1.90. The molecule has 0 aliphatic rings. The van der Waals surface area contributed by atoms with E-state index in [-0.39, 0.29) is 22.8 Å². The topological polar surface area (TPSA) is 37.3 Å². The van der Waals surface area contributed by atoms with E-state index in [2.05, 4.69) is 46.7 Å². The molecule has 1 heterocycles. The Morgan fingerprint density at radius 1 is 1.09 bits per heavy atom. The number of anilines is 1. The normalized spacial score (nSPS) is 10.5. The minimum Gasteiger partial charge on any atom is -0.253 e. The van der Waals surface area contributed by atoms with E-state index in [1.165, 1.54) is 29.0 Å². The minimum absolute atomic E-state index is 0. The van der Waals surface area contributed by atoms with Crippen LogP contribution in [0.3, 0.4) is 0 Å². The molecule has 6 heteroatoms. The van der Waals surface area contributed by atoms with Gasteiger partial charge in [-0.1, -0.05) is 42.0 Å². The number of nitrogens with zero attached hydrogens (tertiary/aromatic N) is 2. The lowest BCUT2D eigenvalue weighted by Gasteiger charge is -1.97. The lowest BCUT2D eigenvalue weighted by atomic mass is 10.1. The van der Waals surface area contributed by atoms with E-state index >= 15 is 0 Å². The molecule has 0 fully saturated rings. The monoisotopic (exact) mass is 391 g/mol. The maximum atomic E-state index is 12.8. The van der Waals surface area contributed by atoms with Crippen molar-refractivity contribution in [3.05, 3.63) is 70.9 Å². The van der Waals surface area contributed by atoms with Gasteiger partial charge >= 0.3 is 0 Å². The van der Waals surface area contributed by atoms with Crippen molar-refractivity contribution in [1.82, 2.24) is 4.98 Å². The highest BCUT2D eigenvalue weighted by atomic mass is 79.9. The number of aryl methyl sites for hydroxylation is 1. The molecule has 0 bridgehead atoms. The molecule has 1 aromatic heterocycles.